The lowest BCUT2D eigenvalue weighted by Gasteiger charge is -2.08. The number of aromatic nitrogens is 2. The molecule has 1 aromatic carbocycles. The van der Waals surface area contributed by atoms with Gasteiger partial charge in [0.05, 0.1) is 19.6 Å². The molecular weight excluding hydrogens is 256 g/mol. The van der Waals surface area contributed by atoms with Crippen LogP contribution in [0.3, 0.4) is 0 Å². The van der Waals surface area contributed by atoms with Crippen molar-refractivity contribution in [1.29, 1.82) is 0 Å². The van der Waals surface area contributed by atoms with Gasteiger partial charge in [-0.25, -0.2) is 4.98 Å². The summed E-state index contributed by atoms with van der Waals surface area (Å²) < 4.78 is 7.36. The molecule has 0 spiro atoms. The first-order valence-corrected chi connectivity index (χ1v) is 6.36. The van der Waals surface area contributed by atoms with E-state index >= 15 is 0 Å². The second-order valence-electron chi connectivity index (χ2n) is 4.40. The lowest BCUT2D eigenvalue weighted by molar-refractivity contribution is -0.118. The molecule has 20 heavy (non-hydrogen) atoms. The number of aryl methyl sites for hydroxylation is 1. The topological polar surface area (TPSA) is 82.2 Å². The molecule has 0 aliphatic heterocycles. The summed E-state index contributed by atoms with van der Waals surface area (Å²) in [5.41, 5.74) is 6.02. The van der Waals surface area contributed by atoms with Crippen LogP contribution in [0.2, 0.25) is 0 Å². The summed E-state index contributed by atoms with van der Waals surface area (Å²) in [6, 6.07) is 7.54. The number of nitrogens with two attached hydrogens (primary N) is 1. The molecule has 1 heterocycles. The van der Waals surface area contributed by atoms with E-state index in [9.17, 15) is 4.79 Å². The molecule has 3 N–H and O–H groups in total. The molecule has 0 saturated heterocycles. The Labute approximate surface area is 117 Å². The van der Waals surface area contributed by atoms with Crippen molar-refractivity contribution in [2.75, 3.05) is 11.9 Å². The van der Waals surface area contributed by atoms with E-state index in [1.807, 2.05) is 42.1 Å². The standard InChI is InChI=1S/C14H18N4O2/c1-18-8-7-16-14(18)10-17-11-2-4-12(5-3-11)20-9-6-13(15)19/h2-5,7-8,17H,6,9-10H2,1H3,(H2,15,19). The fourth-order valence-corrected chi connectivity index (χ4v) is 1.69. The van der Waals surface area contributed by atoms with Gasteiger partial charge in [-0.1, -0.05) is 0 Å². The van der Waals surface area contributed by atoms with Gasteiger partial charge in [0.15, 0.2) is 0 Å². The Hall–Kier alpha value is -2.50. The lowest BCUT2D eigenvalue weighted by atomic mass is 10.3. The first-order chi connectivity index (χ1) is 9.65. The molecule has 106 valence electrons. The molecule has 0 bridgehead atoms. The normalized spacial score (nSPS) is 10.2. The Morgan fingerprint density at radius 1 is 1.40 bits per heavy atom. The Morgan fingerprint density at radius 2 is 2.15 bits per heavy atom. The van der Waals surface area contributed by atoms with Crippen LogP contribution in [0.15, 0.2) is 36.7 Å². The number of hydrogen-bond acceptors (Lipinski definition) is 4. The number of anilines is 1. The Bertz CT molecular complexity index is 563. The van der Waals surface area contributed by atoms with Crippen LogP contribution < -0.4 is 15.8 Å². The maximum absolute atomic E-state index is 10.6. The third-order valence-corrected chi connectivity index (χ3v) is 2.84. The highest BCUT2D eigenvalue weighted by atomic mass is 16.5. The van der Waals surface area contributed by atoms with Gasteiger partial charge < -0.3 is 20.4 Å². The molecule has 1 amide bonds. The van der Waals surface area contributed by atoms with Crippen LogP contribution >= 0.6 is 0 Å². The number of carbonyl (C=O) groups excluding carboxylic acids is 1. The minimum absolute atomic E-state index is 0.221. The Kier molecular flexibility index (Phi) is 4.60. The highest BCUT2D eigenvalue weighted by Crippen LogP contribution is 2.16. The molecular formula is C14H18N4O2. The zero-order valence-corrected chi connectivity index (χ0v) is 11.4. The van der Waals surface area contributed by atoms with E-state index in [2.05, 4.69) is 10.3 Å². The van der Waals surface area contributed by atoms with Gasteiger partial charge in [0.1, 0.15) is 11.6 Å². The predicted octanol–water partition coefficient (Wildman–Crippen LogP) is 1.29. The van der Waals surface area contributed by atoms with Crippen LogP contribution in [0.5, 0.6) is 5.75 Å². The van der Waals surface area contributed by atoms with E-state index in [0.717, 1.165) is 11.5 Å². The van der Waals surface area contributed by atoms with Crippen LogP contribution in [-0.4, -0.2) is 22.1 Å². The summed E-state index contributed by atoms with van der Waals surface area (Å²) in [7, 11) is 1.96. The molecule has 2 rings (SSSR count). The average molecular weight is 274 g/mol. The number of imidazole rings is 1. The highest BCUT2D eigenvalue weighted by molar-refractivity contribution is 5.73. The number of rotatable bonds is 7. The largest absolute Gasteiger partial charge is 0.493 e. The van der Waals surface area contributed by atoms with Gasteiger partial charge in [-0.2, -0.15) is 0 Å². The van der Waals surface area contributed by atoms with Gasteiger partial charge in [0, 0.05) is 25.1 Å². The Balaban J connectivity index is 1.82. The number of ether oxygens (including phenoxy) is 1. The van der Waals surface area contributed by atoms with Gasteiger partial charge in [-0.15, -0.1) is 0 Å². The molecule has 0 atom stereocenters. The van der Waals surface area contributed by atoms with Crippen LogP contribution in [0, 0.1) is 0 Å². The number of hydrogen-bond donors (Lipinski definition) is 2. The second kappa shape index (κ2) is 6.60. The average Bonchev–Trinajstić information content (AvgIpc) is 2.83. The van der Waals surface area contributed by atoms with E-state index in [0.29, 0.717) is 18.9 Å². The van der Waals surface area contributed by atoms with Gasteiger partial charge >= 0.3 is 0 Å². The van der Waals surface area contributed by atoms with Crippen LogP contribution in [-0.2, 0) is 18.4 Å². The molecule has 0 unspecified atom stereocenters. The number of nitrogens with zero attached hydrogens (tertiary/aromatic N) is 2. The van der Waals surface area contributed by atoms with Crippen molar-refractivity contribution in [3.05, 3.63) is 42.5 Å². The fraction of sp³-hybridized carbons (Fsp3) is 0.286. The molecule has 6 nitrogen and oxygen atoms in total. The van der Waals surface area contributed by atoms with Crippen molar-refractivity contribution in [1.82, 2.24) is 9.55 Å². The highest BCUT2D eigenvalue weighted by Gasteiger charge is 2.00. The molecule has 0 fully saturated rings. The van der Waals surface area contributed by atoms with E-state index < -0.39 is 0 Å². The van der Waals surface area contributed by atoms with Crippen molar-refractivity contribution >= 4 is 11.6 Å². The van der Waals surface area contributed by atoms with Crippen LogP contribution in [0.1, 0.15) is 12.2 Å². The van der Waals surface area contributed by atoms with Crippen molar-refractivity contribution < 1.29 is 9.53 Å². The van der Waals surface area contributed by atoms with Crippen molar-refractivity contribution in [3.8, 4) is 5.75 Å². The monoisotopic (exact) mass is 274 g/mol. The van der Waals surface area contributed by atoms with Crippen molar-refractivity contribution in [2.24, 2.45) is 12.8 Å². The molecule has 1 aromatic heterocycles. The quantitative estimate of drug-likeness (QED) is 0.797. The minimum Gasteiger partial charge on any atom is -0.493 e. The van der Waals surface area contributed by atoms with Crippen LogP contribution in [0.25, 0.3) is 0 Å². The van der Waals surface area contributed by atoms with Crippen molar-refractivity contribution in [2.45, 2.75) is 13.0 Å². The third kappa shape index (κ3) is 4.01. The third-order valence-electron chi connectivity index (χ3n) is 2.84. The summed E-state index contributed by atoms with van der Waals surface area (Å²) in [6.07, 6.45) is 3.90. The molecule has 6 heteroatoms. The maximum atomic E-state index is 10.6. The maximum Gasteiger partial charge on any atom is 0.220 e. The minimum atomic E-state index is -0.363. The lowest BCUT2D eigenvalue weighted by Crippen LogP contribution is -2.14. The summed E-state index contributed by atoms with van der Waals surface area (Å²) in [5.74, 6) is 1.32. The van der Waals surface area contributed by atoms with Crippen LogP contribution in [0.4, 0.5) is 5.69 Å². The Morgan fingerprint density at radius 3 is 2.75 bits per heavy atom. The fourth-order valence-electron chi connectivity index (χ4n) is 1.69. The summed E-state index contributed by atoms with van der Waals surface area (Å²) >= 11 is 0. The molecule has 0 aliphatic carbocycles. The first kappa shape index (κ1) is 13.9. The SMILES string of the molecule is Cn1ccnc1CNc1ccc(OCCC(N)=O)cc1. The molecule has 0 radical (unpaired) electrons. The zero-order valence-electron chi connectivity index (χ0n) is 11.4. The van der Waals surface area contributed by atoms with Gasteiger partial charge in [0.25, 0.3) is 0 Å². The van der Waals surface area contributed by atoms with Gasteiger partial charge in [0.2, 0.25) is 5.91 Å². The second-order valence-corrected chi connectivity index (χ2v) is 4.40. The summed E-state index contributed by atoms with van der Waals surface area (Å²) in [4.78, 5) is 14.8. The van der Waals surface area contributed by atoms with E-state index in [1.54, 1.807) is 6.20 Å². The van der Waals surface area contributed by atoms with Crippen molar-refractivity contribution in [3.63, 3.8) is 0 Å². The van der Waals surface area contributed by atoms with Gasteiger partial charge in [-0.05, 0) is 24.3 Å². The summed E-state index contributed by atoms with van der Waals surface area (Å²) in [6.45, 7) is 0.959. The van der Waals surface area contributed by atoms with E-state index in [4.69, 9.17) is 10.5 Å². The number of benzene rings is 1. The molecule has 0 saturated carbocycles. The predicted molar refractivity (Wildman–Crippen MR) is 76.3 cm³/mol. The number of amides is 1. The van der Waals surface area contributed by atoms with Gasteiger partial charge in [-0.3, -0.25) is 4.79 Å². The first-order valence-electron chi connectivity index (χ1n) is 6.36. The smallest absolute Gasteiger partial charge is 0.220 e. The van der Waals surface area contributed by atoms with E-state index in [1.165, 1.54) is 0 Å². The summed E-state index contributed by atoms with van der Waals surface area (Å²) in [5, 5.41) is 3.28. The molecule has 0 aliphatic rings. The molecule has 2 aromatic rings. The van der Waals surface area contributed by atoms with E-state index in [-0.39, 0.29) is 12.3 Å². The zero-order chi connectivity index (χ0) is 14.4. The number of nitrogens with one attached hydrogen (secondary N) is 1. The number of carbonyl (C=O) groups is 1. The number of primary amides is 1.